The Morgan fingerprint density at radius 3 is 2.72 bits per heavy atom. The summed E-state index contributed by atoms with van der Waals surface area (Å²) in [6.07, 6.45) is 0.683. The van der Waals surface area contributed by atoms with Crippen molar-refractivity contribution in [2.45, 2.75) is 18.4 Å². The monoisotopic (exact) mass is 348 g/mol. The lowest BCUT2D eigenvalue weighted by Crippen LogP contribution is -2.47. The molecule has 3 rings (SSSR count). The van der Waals surface area contributed by atoms with Crippen molar-refractivity contribution < 1.29 is 23.4 Å². The van der Waals surface area contributed by atoms with E-state index in [2.05, 4.69) is 4.98 Å². The number of ether oxygens (including phenoxy) is 1. The fraction of sp³-hybridized carbons (Fsp3) is 0.333. The molecule has 5 nitrogen and oxygen atoms in total. The molecule has 7 heteroatoms. The minimum atomic E-state index is -4.02. The summed E-state index contributed by atoms with van der Waals surface area (Å²) < 4.78 is 33.1. The second-order valence-corrected chi connectivity index (χ2v) is 5.87. The van der Waals surface area contributed by atoms with Gasteiger partial charge in [0.05, 0.1) is 19.3 Å². The van der Waals surface area contributed by atoms with Crippen LogP contribution in [0.4, 0.5) is 14.6 Å². The lowest BCUT2D eigenvalue weighted by molar-refractivity contribution is -0.166. The molecule has 0 radical (unpaired) electrons. The first-order valence-electron chi connectivity index (χ1n) is 7.95. The van der Waals surface area contributed by atoms with Crippen molar-refractivity contribution in [2.75, 3.05) is 24.7 Å². The third-order valence-corrected chi connectivity index (χ3v) is 4.16. The minimum Gasteiger partial charge on any atom is -0.476 e. The van der Waals surface area contributed by atoms with E-state index in [0.717, 1.165) is 11.6 Å². The molecule has 0 bridgehead atoms. The van der Waals surface area contributed by atoms with Crippen LogP contribution in [-0.4, -0.2) is 41.9 Å². The summed E-state index contributed by atoms with van der Waals surface area (Å²) in [6.45, 7) is 1.43. The predicted octanol–water partition coefficient (Wildman–Crippen LogP) is 2.71. The number of halogens is 2. The summed E-state index contributed by atoms with van der Waals surface area (Å²) in [6, 6.07) is 13.8. The van der Waals surface area contributed by atoms with Crippen LogP contribution in [0.1, 0.15) is 11.3 Å². The van der Waals surface area contributed by atoms with Crippen molar-refractivity contribution in [3.8, 4) is 0 Å². The highest BCUT2D eigenvalue weighted by Crippen LogP contribution is 2.29. The van der Waals surface area contributed by atoms with Gasteiger partial charge < -0.3 is 14.7 Å². The maximum Gasteiger partial charge on any atom is 0.384 e. The number of alkyl halides is 2. The van der Waals surface area contributed by atoms with Crippen LogP contribution in [-0.2, 0) is 21.9 Å². The summed E-state index contributed by atoms with van der Waals surface area (Å²) in [5.74, 6) is -5.89. The molecule has 2 aromatic rings. The maximum absolute atomic E-state index is 13.8. The third-order valence-electron chi connectivity index (χ3n) is 4.16. The zero-order valence-corrected chi connectivity index (χ0v) is 13.4. The van der Waals surface area contributed by atoms with Gasteiger partial charge in [-0.25, -0.2) is 9.78 Å². The molecule has 1 atom stereocenters. The van der Waals surface area contributed by atoms with Gasteiger partial charge in [0.1, 0.15) is 11.5 Å². The number of hydrogen-bond donors (Lipinski definition) is 1. The van der Waals surface area contributed by atoms with Gasteiger partial charge in [0, 0.05) is 6.54 Å². The number of aliphatic carboxylic acids is 1. The van der Waals surface area contributed by atoms with Crippen LogP contribution in [0, 0.1) is 0 Å². The van der Waals surface area contributed by atoms with E-state index < -0.39 is 17.6 Å². The Hall–Kier alpha value is -2.54. The number of pyridine rings is 1. The summed E-state index contributed by atoms with van der Waals surface area (Å²) in [7, 11) is 0. The molecule has 0 saturated carbocycles. The van der Waals surface area contributed by atoms with Crippen LogP contribution in [0.5, 0.6) is 0 Å². The van der Waals surface area contributed by atoms with E-state index in [0.29, 0.717) is 32.0 Å². The van der Waals surface area contributed by atoms with Gasteiger partial charge in [-0.05, 0) is 24.1 Å². The number of anilines is 1. The number of benzene rings is 1. The van der Waals surface area contributed by atoms with Gasteiger partial charge in [-0.15, -0.1) is 0 Å². The van der Waals surface area contributed by atoms with E-state index >= 15 is 0 Å². The van der Waals surface area contributed by atoms with Crippen LogP contribution >= 0.6 is 0 Å². The Morgan fingerprint density at radius 2 is 2.00 bits per heavy atom. The minimum absolute atomic E-state index is 0.0580. The number of carboxylic acid groups (broad SMARTS) is 1. The van der Waals surface area contributed by atoms with Crippen molar-refractivity contribution in [3.05, 3.63) is 59.8 Å². The lowest BCUT2D eigenvalue weighted by Gasteiger charge is -2.37. The predicted molar refractivity (Wildman–Crippen MR) is 87.9 cm³/mol. The highest BCUT2D eigenvalue weighted by molar-refractivity contribution is 5.76. The topological polar surface area (TPSA) is 62.7 Å². The number of morpholine rings is 1. The highest BCUT2D eigenvalue weighted by Gasteiger charge is 2.43. The number of hydrogen-bond acceptors (Lipinski definition) is 4. The SMILES string of the molecule is O=C(O)C(F)(F)c1cccc(N2CCOCC2Cc2ccccc2)n1. The average molecular weight is 348 g/mol. The molecule has 1 unspecified atom stereocenters. The molecule has 1 aliphatic heterocycles. The highest BCUT2D eigenvalue weighted by atomic mass is 19.3. The summed E-state index contributed by atoms with van der Waals surface area (Å²) in [5.41, 5.74) is 0.345. The van der Waals surface area contributed by atoms with Crippen LogP contribution < -0.4 is 4.90 Å². The third kappa shape index (κ3) is 3.76. The van der Waals surface area contributed by atoms with Gasteiger partial charge in [-0.1, -0.05) is 36.4 Å². The van der Waals surface area contributed by atoms with Gasteiger partial charge in [0.2, 0.25) is 0 Å². The Morgan fingerprint density at radius 1 is 1.24 bits per heavy atom. The second-order valence-electron chi connectivity index (χ2n) is 5.87. The first kappa shape index (κ1) is 17.3. The smallest absolute Gasteiger partial charge is 0.384 e. The van der Waals surface area contributed by atoms with E-state index in [1.807, 2.05) is 35.2 Å². The standard InChI is InChI=1S/C18H18F2N2O3/c19-18(20,17(23)24)15-7-4-8-16(21-15)22-9-10-25-12-14(22)11-13-5-2-1-3-6-13/h1-8,14H,9-12H2,(H,23,24). The van der Waals surface area contributed by atoms with E-state index in [1.165, 1.54) is 6.07 Å². The van der Waals surface area contributed by atoms with Gasteiger partial charge in [0.25, 0.3) is 0 Å². The van der Waals surface area contributed by atoms with E-state index in [-0.39, 0.29) is 6.04 Å². The number of rotatable bonds is 5. The number of aromatic nitrogens is 1. The zero-order chi connectivity index (χ0) is 17.9. The van der Waals surface area contributed by atoms with Crippen molar-refractivity contribution >= 4 is 11.8 Å². The van der Waals surface area contributed by atoms with Gasteiger partial charge in [-0.2, -0.15) is 8.78 Å². The normalized spacial score (nSPS) is 18.2. The lowest BCUT2D eigenvalue weighted by atomic mass is 10.0. The molecule has 1 N–H and O–H groups in total. The van der Waals surface area contributed by atoms with Gasteiger partial charge in [-0.3, -0.25) is 0 Å². The molecule has 0 amide bonds. The summed E-state index contributed by atoms with van der Waals surface area (Å²) in [4.78, 5) is 16.6. The molecule has 132 valence electrons. The Bertz CT molecular complexity index is 740. The van der Waals surface area contributed by atoms with E-state index in [9.17, 15) is 13.6 Å². The molecule has 1 fully saturated rings. The number of carboxylic acids is 1. The van der Waals surface area contributed by atoms with Crippen LogP contribution in [0.2, 0.25) is 0 Å². The van der Waals surface area contributed by atoms with E-state index in [1.54, 1.807) is 6.07 Å². The Labute approximate surface area is 143 Å². The van der Waals surface area contributed by atoms with Gasteiger partial charge >= 0.3 is 11.9 Å². The molecular formula is C18H18F2N2O3. The van der Waals surface area contributed by atoms with Crippen molar-refractivity contribution in [3.63, 3.8) is 0 Å². The maximum atomic E-state index is 13.8. The second kappa shape index (κ2) is 7.14. The van der Waals surface area contributed by atoms with E-state index in [4.69, 9.17) is 9.84 Å². The summed E-state index contributed by atoms with van der Waals surface area (Å²) in [5, 5.41) is 8.72. The quantitative estimate of drug-likeness (QED) is 0.900. The molecule has 25 heavy (non-hydrogen) atoms. The first-order valence-corrected chi connectivity index (χ1v) is 7.95. The molecule has 1 saturated heterocycles. The van der Waals surface area contributed by atoms with Crippen LogP contribution in [0.25, 0.3) is 0 Å². The Balaban J connectivity index is 1.86. The van der Waals surface area contributed by atoms with Gasteiger partial charge in [0.15, 0.2) is 0 Å². The average Bonchev–Trinajstić information content (AvgIpc) is 2.63. The Kier molecular flexibility index (Phi) is 4.94. The molecule has 1 aromatic carbocycles. The van der Waals surface area contributed by atoms with Crippen molar-refractivity contribution in [1.29, 1.82) is 0 Å². The van der Waals surface area contributed by atoms with Crippen molar-refractivity contribution in [2.24, 2.45) is 0 Å². The van der Waals surface area contributed by atoms with Crippen molar-refractivity contribution in [1.82, 2.24) is 4.98 Å². The van der Waals surface area contributed by atoms with Crippen LogP contribution in [0.15, 0.2) is 48.5 Å². The zero-order valence-electron chi connectivity index (χ0n) is 13.4. The fourth-order valence-electron chi connectivity index (χ4n) is 2.88. The molecule has 0 aliphatic carbocycles. The molecule has 2 heterocycles. The fourth-order valence-corrected chi connectivity index (χ4v) is 2.88. The van der Waals surface area contributed by atoms with Crippen LogP contribution in [0.3, 0.4) is 0 Å². The molecule has 1 aliphatic rings. The number of carbonyl (C=O) groups is 1. The largest absolute Gasteiger partial charge is 0.476 e. The molecule has 1 aromatic heterocycles. The summed E-state index contributed by atoms with van der Waals surface area (Å²) >= 11 is 0. The molecular weight excluding hydrogens is 330 g/mol. The first-order chi connectivity index (χ1) is 12.0. The molecule has 0 spiro atoms. The number of nitrogens with zero attached hydrogens (tertiary/aromatic N) is 2.